The van der Waals surface area contributed by atoms with Crippen LogP contribution < -0.4 is 16.4 Å². The van der Waals surface area contributed by atoms with E-state index in [9.17, 15) is 24.0 Å². The number of nitrogens with two attached hydrogens (primary N) is 1. The maximum Gasteiger partial charge on any atom is 0.408 e. The number of carbonyl (C=O) groups is 5. The fraction of sp³-hybridized carbons (Fsp3) is 0.528. The summed E-state index contributed by atoms with van der Waals surface area (Å²) in [4.78, 5) is 68.8. The van der Waals surface area contributed by atoms with Crippen LogP contribution in [0, 0.1) is 12.8 Å². The molecule has 5 atom stereocenters. The van der Waals surface area contributed by atoms with Gasteiger partial charge in [0.2, 0.25) is 17.7 Å². The van der Waals surface area contributed by atoms with Crippen molar-refractivity contribution in [3.63, 3.8) is 0 Å². The lowest BCUT2D eigenvalue weighted by atomic mass is 9.96. The zero-order valence-electron chi connectivity index (χ0n) is 28.8. The van der Waals surface area contributed by atoms with Gasteiger partial charge in [-0.15, -0.1) is 0 Å². The van der Waals surface area contributed by atoms with E-state index in [1.165, 1.54) is 4.90 Å². The van der Waals surface area contributed by atoms with E-state index in [0.29, 0.717) is 12.0 Å². The van der Waals surface area contributed by atoms with E-state index in [4.69, 9.17) is 15.2 Å². The van der Waals surface area contributed by atoms with Gasteiger partial charge in [0.15, 0.2) is 0 Å². The van der Waals surface area contributed by atoms with Crippen molar-refractivity contribution < 1.29 is 33.4 Å². The van der Waals surface area contributed by atoms with Gasteiger partial charge in [0.25, 0.3) is 0 Å². The average Bonchev–Trinajstić information content (AvgIpc) is 3.67. The van der Waals surface area contributed by atoms with Crippen molar-refractivity contribution in [3.05, 3.63) is 71.3 Å². The fourth-order valence-electron chi connectivity index (χ4n) is 5.32. The van der Waals surface area contributed by atoms with Crippen LogP contribution in [0.2, 0.25) is 0 Å². The lowest BCUT2D eigenvalue weighted by Gasteiger charge is -2.36. The molecule has 0 aliphatic heterocycles. The molecule has 2 aromatic carbocycles. The van der Waals surface area contributed by atoms with Crippen LogP contribution >= 0.6 is 0 Å². The van der Waals surface area contributed by atoms with Gasteiger partial charge in [-0.3, -0.25) is 14.4 Å². The van der Waals surface area contributed by atoms with Crippen LogP contribution in [0.1, 0.15) is 90.5 Å². The third kappa shape index (κ3) is 11.4. The number of alkyl carbamates (subject to hydrolysis) is 1. The van der Waals surface area contributed by atoms with Crippen LogP contribution in [0.3, 0.4) is 0 Å². The zero-order valence-corrected chi connectivity index (χ0v) is 28.8. The third-order valence-electron chi connectivity index (χ3n) is 7.65. The quantitative estimate of drug-likeness (QED) is 0.270. The molecular formula is C36H50N4O7. The molecule has 0 spiro atoms. The Kier molecular flexibility index (Phi) is 12.2. The van der Waals surface area contributed by atoms with E-state index in [1.54, 1.807) is 53.7 Å². The average molecular weight is 651 g/mol. The van der Waals surface area contributed by atoms with Crippen LogP contribution in [0.5, 0.6) is 0 Å². The summed E-state index contributed by atoms with van der Waals surface area (Å²) in [6.07, 6.45) is -0.331. The molecule has 4 amide bonds. The van der Waals surface area contributed by atoms with Crippen molar-refractivity contribution in [3.8, 4) is 0 Å². The van der Waals surface area contributed by atoms with Gasteiger partial charge in [-0.1, -0.05) is 61.5 Å². The SMILES string of the molecule is Cc1ccccc1C(C(=O)NC(Cc1ccccc1)C(=O)OC(C)(C)C)N(C(=O)C(CCC(N)=O)NC(=O)OC(C)(C)C)C1CC1C. The van der Waals surface area contributed by atoms with Gasteiger partial charge in [0.1, 0.15) is 29.3 Å². The highest BCUT2D eigenvalue weighted by molar-refractivity contribution is 5.94. The van der Waals surface area contributed by atoms with E-state index >= 15 is 0 Å². The molecule has 1 fully saturated rings. The Bertz CT molecular complexity index is 1430. The van der Waals surface area contributed by atoms with E-state index in [0.717, 1.165) is 11.1 Å². The summed E-state index contributed by atoms with van der Waals surface area (Å²) in [5.74, 6) is -2.34. The normalized spacial score (nSPS) is 17.8. The molecular weight excluding hydrogens is 600 g/mol. The molecule has 1 aliphatic carbocycles. The van der Waals surface area contributed by atoms with Crippen molar-refractivity contribution in [1.82, 2.24) is 15.5 Å². The monoisotopic (exact) mass is 650 g/mol. The minimum Gasteiger partial charge on any atom is -0.458 e. The molecule has 11 heteroatoms. The summed E-state index contributed by atoms with van der Waals surface area (Å²) in [5.41, 5.74) is 5.92. The molecule has 47 heavy (non-hydrogen) atoms. The highest BCUT2D eigenvalue weighted by atomic mass is 16.6. The minimum absolute atomic E-state index is 0.0579. The second-order valence-electron chi connectivity index (χ2n) is 14.3. The maximum atomic E-state index is 14.6. The molecule has 11 nitrogen and oxygen atoms in total. The number of carbonyl (C=O) groups excluding carboxylic acids is 5. The smallest absolute Gasteiger partial charge is 0.408 e. The fourth-order valence-corrected chi connectivity index (χ4v) is 5.32. The molecule has 4 N–H and O–H groups in total. The first-order valence-electron chi connectivity index (χ1n) is 16.1. The number of aryl methyl sites for hydroxylation is 1. The minimum atomic E-state index is -1.21. The predicted octanol–water partition coefficient (Wildman–Crippen LogP) is 4.50. The van der Waals surface area contributed by atoms with E-state index in [2.05, 4.69) is 10.6 Å². The lowest BCUT2D eigenvalue weighted by molar-refractivity contribution is -0.159. The number of nitrogens with zero attached hydrogens (tertiary/aromatic N) is 1. The second kappa shape index (κ2) is 15.5. The third-order valence-corrected chi connectivity index (χ3v) is 7.65. The Labute approximate surface area is 277 Å². The first-order chi connectivity index (χ1) is 21.9. The second-order valence-corrected chi connectivity index (χ2v) is 14.3. The molecule has 1 aliphatic rings. The number of nitrogens with one attached hydrogen (secondary N) is 2. The molecule has 1 saturated carbocycles. The van der Waals surface area contributed by atoms with Crippen LogP contribution in [0.25, 0.3) is 0 Å². The van der Waals surface area contributed by atoms with E-state index in [1.807, 2.05) is 56.3 Å². The van der Waals surface area contributed by atoms with Crippen LogP contribution in [0.15, 0.2) is 54.6 Å². The summed E-state index contributed by atoms with van der Waals surface area (Å²) in [7, 11) is 0. The number of ether oxygens (including phenoxy) is 2. The number of benzene rings is 2. The van der Waals surface area contributed by atoms with Crippen LogP contribution in [-0.2, 0) is 35.1 Å². The van der Waals surface area contributed by atoms with Gasteiger partial charge in [-0.2, -0.15) is 0 Å². The van der Waals surface area contributed by atoms with E-state index in [-0.39, 0.29) is 31.2 Å². The standard InChI is InChI=1S/C36H50N4O7/c1-22-14-12-13-17-25(22)30(31(42)38-27(33(44)46-35(3,4)5)21-24-15-10-9-11-16-24)40(28-20-23(28)2)32(43)26(18-19-29(37)41)39-34(45)47-36(6,7)8/h9-17,23,26-28,30H,18-21H2,1-8H3,(H2,37,41)(H,38,42)(H,39,45). The van der Waals surface area contributed by atoms with Gasteiger partial charge >= 0.3 is 12.1 Å². The summed E-state index contributed by atoms with van der Waals surface area (Å²) < 4.78 is 11.1. The van der Waals surface area contributed by atoms with Gasteiger partial charge in [0.05, 0.1) is 0 Å². The number of primary amides is 1. The van der Waals surface area contributed by atoms with Gasteiger partial charge in [0, 0.05) is 18.9 Å². The summed E-state index contributed by atoms with van der Waals surface area (Å²) >= 11 is 0. The Morgan fingerprint density at radius 1 is 0.872 bits per heavy atom. The molecule has 0 radical (unpaired) electrons. The summed E-state index contributed by atoms with van der Waals surface area (Å²) in [6, 6.07) is 12.7. The number of rotatable bonds is 13. The lowest BCUT2D eigenvalue weighted by Crippen LogP contribution is -2.56. The Morgan fingerprint density at radius 3 is 1.98 bits per heavy atom. The van der Waals surface area contributed by atoms with Crippen molar-refractivity contribution in [2.45, 2.75) is 116 Å². The van der Waals surface area contributed by atoms with Crippen LogP contribution in [0.4, 0.5) is 4.79 Å². The molecule has 0 aromatic heterocycles. The molecule has 2 aromatic rings. The number of hydrogen-bond donors (Lipinski definition) is 3. The Balaban J connectivity index is 2.08. The maximum absolute atomic E-state index is 14.6. The molecule has 5 unspecified atom stereocenters. The first-order valence-corrected chi connectivity index (χ1v) is 16.1. The summed E-state index contributed by atoms with van der Waals surface area (Å²) in [6.45, 7) is 14.1. The highest BCUT2D eigenvalue weighted by Gasteiger charge is 2.49. The molecule has 0 bridgehead atoms. The Morgan fingerprint density at radius 2 is 1.45 bits per heavy atom. The van der Waals surface area contributed by atoms with E-state index < -0.39 is 59.1 Å². The first kappa shape index (κ1) is 37.1. The predicted molar refractivity (Wildman–Crippen MR) is 178 cm³/mol. The van der Waals surface area contributed by atoms with Crippen LogP contribution in [-0.4, -0.2) is 64.0 Å². The van der Waals surface area contributed by atoms with Crippen molar-refractivity contribution in [2.75, 3.05) is 0 Å². The molecule has 0 heterocycles. The molecule has 3 rings (SSSR count). The number of esters is 1. The molecule has 0 saturated heterocycles. The number of amides is 4. The van der Waals surface area contributed by atoms with Gasteiger partial charge in [-0.25, -0.2) is 9.59 Å². The van der Waals surface area contributed by atoms with Crippen molar-refractivity contribution in [1.29, 1.82) is 0 Å². The van der Waals surface area contributed by atoms with Gasteiger partial charge < -0.3 is 30.7 Å². The molecule has 256 valence electrons. The largest absolute Gasteiger partial charge is 0.458 e. The Hall–Kier alpha value is -4.41. The highest BCUT2D eigenvalue weighted by Crippen LogP contribution is 2.41. The number of hydrogen-bond acceptors (Lipinski definition) is 7. The van der Waals surface area contributed by atoms with Crippen molar-refractivity contribution >= 4 is 29.8 Å². The topological polar surface area (TPSA) is 157 Å². The van der Waals surface area contributed by atoms with Gasteiger partial charge in [-0.05, 0) is 83.9 Å². The zero-order chi connectivity index (χ0) is 35.1. The van der Waals surface area contributed by atoms with Crippen molar-refractivity contribution in [2.24, 2.45) is 11.7 Å². The summed E-state index contributed by atoms with van der Waals surface area (Å²) in [5, 5.41) is 5.53.